The summed E-state index contributed by atoms with van der Waals surface area (Å²) >= 11 is 0. The molecular formula is C15H20O. The number of hydrogen-bond donors (Lipinski definition) is 0. The molecule has 16 heavy (non-hydrogen) atoms. The first-order chi connectivity index (χ1) is 7.69. The Morgan fingerprint density at radius 3 is 2.88 bits per heavy atom. The highest BCUT2D eigenvalue weighted by atomic mass is 16.5. The third-order valence-corrected chi connectivity index (χ3v) is 2.83. The molecule has 0 aromatic rings. The Hall–Kier alpha value is -1.26. The second kappa shape index (κ2) is 6.35. The van der Waals surface area contributed by atoms with E-state index in [1.54, 1.807) is 7.11 Å². The Labute approximate surface area is 98.9 Å². The summed E-state index contributed by atoms with van der Waals surface area (Å²) in [5.41, 5.74) is 2.32. The zero-order valence-corrected chi connectivity index (χ0v) is 10.4. The topological polar surface area (TPSA) is 9.23 Å². The number of allylic oxidation sites excluding steroid dienone is 5. The van der Waals surface area contributed by atoms with E-state index in [2.05, 4.69) is 50.5 Å². The van der Waals surface area contributed by atoms with Gasteiger partial charge in [-0.3, -0.25) is 0 Å². The van der Waals surface area contributed by atoms with E-state index in [9.17, 15) is 0 Å². The van der Waals surface area contributed by atoms with Crippen LogP contribution in [0.15, 0.2) is 36.0 Å². The van der Waals surface area contributed by atoms with Gasteiger partial charge in [-0.15, -0.1) is 0 Å². The van der Waals surface area contributed by atoms with Crippen molar-refractivity contribution in [3.8, 4) is 11.8 Å². The number of hydrogen-bond acceptors (Lipinski definition) is 1. The first kappa shape index (κ1) is 12.8. The second-order valence-electron chi connectivity index (χ2n) is 4.16. The summed E-state index contributed by atoms with van der Waals surface area (Å²) in [5.74, 6) is 7.10. The van der Waals surface area contributed by atoms with Crippen molar-refractivity contribution in [3.63, 3.8) is 0 Å². The van der Waals surface area contributed by atoms with Gasteiger partial charge in [-0.25, -0.2) is 0 Å². The van der Waals surface area contributed by atoms with E-state index in [1.165, 1.54) is 5.57 Å². The molecule has 2 unspecified atom stereocenters. The molecule has 0 aromatic carbocycles. The van der Waals surface area contributed by atoms with E-state index in [0.29, 0.717) is 18.4 Å². The highest BCUT2D eigenvalue weighted by Gasteiger charge is 2.19. The summed E-state index contributed by atoms with van der Waals surface area (Å²) in [5, 5.41) is 0. The number of ether oxygens (including phenoxy) is 1. The average Bonchev–Trinajstić information content (AvgIpc) is 2.29. The molecule has 0 bridgehead atoms. The minimum Gasteiger partial charge on any atom is -0.372 e. The maximum atomic E-state index is 4.91. The average molecular weight is 216 g/mol. The minimum absolute atomic E-state index is 0.470. The molecular weight excluding hydrogens is 196 g/mol. The van der Waals surface area contributed by atoms with Crippen molar-refractivity contribution < 1.29 is 4.74 Å². The van der Waals surface area contributed by atoms with E-state index in [1.807, 2.05) is 0 Å². The highest BCUT2D eigenvalue weighted by molar-refractivity contribution is 5.42. The standard InChI is InChI=1S/C15H20O/c1-5-14-11-13(7-6-10-16-4)8-9-15(14)12(2)3/h8-9,11,14-15H,2,5,10H2,1,3-4H3. The Morgan fingerprint density at radius 2 is 2.31 bits per heavy atom. The summed E-state index contributed by atoms with van der Waals surface area (Å²) in [7, 11) is 1.66. The molecule has 0 N–H and O–H groups in total. The summed E-state index contributed by atoms with van der Waals surface area (Å²) in [6.07, 6.45) is 7.68. The summed E-state index contributed by atoms with van der Waals surface area (Å²) in [4.78, 5) is 0. The molecule has 0 amide bonds. The van der Waals surface area contributed by atoms with E-state index >= 15 is 0 Å². The molecule has 0 aromatic heterocycles. The van der Waals surface area contributed by atoms with Gasteiger partial charge in [-0.1, -0.05) is 49.1 Å². The van der Waals surface area contributed by atoms with Crippen LogP contribution < -0.4 is 0 Å². The van der Waals surface area contributed by atoms with Gasteiger partial charge in [0.05, 0.1) is 0 Å². The van der Waals surface area contributed by atoms with Crippen LogP contribution in [0.25, 0.3) is 0 Å². The zero-order valence-electron chi connectivity index (χ0n) is 10.4. The molecule has 1 aliphatic rings. The second-order valence-corrected chi connectivity index (χ2v) is 4.16. The Bertz CT molecular complexity index is 363. The molecule has 0 spiro atoms. The summed E-state index contributed by atoms with van der Waals surface area (Å²) in [6.45, 7) is 8.83. The number of methoxy groups -OCH3 is 1. The first-order valence-electron chi connectivity index (χ1n) is 5.72. The van der Waals surface area contributed by atoms with Crippen LogP contribution in [0.4, 0.5) is 0 Å². The van der Waals surface area contributed by atoms with Gasteiger partial charge >= 0.3 is 0 Å². The van der Waals surface area contributed by atoms with Crippen molar-refractivity contribution in [1.82, 2.24) is 0 Å². The van der Waals surface area contributed by atoms with Crippen molar-refractivity contribution in [2.45, 2.75) is 20.3 Å². The normalized spacial score (nSPS) is 23.3. The molecule has 1 aliphatic carbocycles. The summed E-state index contributed by atoms with van der Waals surface area (Å²) in [6, 6.07) is 0. The molecule has 0 heterocycles. The van der Waals surface area contributed by atoms with Crippen LogP contribution in [-0.2, 0) is 4.74 Å². The van der Waals surface area contributed by atoms with Crippen LogP contribution in [0, 0.1) is 23.7 Å². The van der Waals surface area contributed by atoms with Gasteiger partial charge in [0.1, 0.15) is 6.61 Å². The van der Waals surface area contributed by atoms with Gasteiger partial charge in [-0.05, 0) is 19.3 Å². The lowest BCUT2D eigenvalue weighted by Crippen LogP contribution is -2.13. The van der Waals surface area contributed by atoms with Gasteiger partial charge < -0.3 is 4.74 Å². The lowest BCUT2D eigenvalue weighted by atomic mass is 9.80. The highest BCUT2D eigenvalue weighted by Crippen LogP contribution is 2.30. The van der Waals surface area contributed by atoms with Gasteiger partial charge in [0.25, 0.3) is 0 Å². The zero-order chi connectivity index (χ0) is 12.0. The first-order valence-corrected chi connectivity index (χ1v) is 5.72. The van der Waals surface area contributed by atoms with Gasteiger partial charge in [0.15, 0.2) is 0 Å². The maximum Gasteiger partial charge on any atom is 0.107 e. The van der Waals surface area contributed by atoms with Crippen LogP contribution in [0.3, 0.4) is 0 Å². The van der Waals surface area contributed by atoms with Crippen molar-refractivity contribution in [2.24, 2.45) is 11.8 Å². The quantitative estimate of drug-likeness (QED) is 0.519. The Morgan fingerprint density at radius 1 is 1.56 bits per heavy atom. The van der Waals surface area contributed by atoms with Crippen LogP contribution in [-0.4, -0.2) is 13.7 Å². The van der Waals surface area contributed by atoms with Crippen LogP contribution in [0.2, 0.25) is 0 Å². The van der Waals surface area contributed by atoms with Crippen LogP contribution in [0.1, 0.15) is 20.3 Å². The van der Waals surface area contributed by atoms with E-state index in [4.69, 9.17) is 4.74 Å². The molecule has 0 saturated carbocycles. The number of rotatable bonds is 3. The Kier molecular flexibility index (Phi) is 5.08. The molecule has 0 fully saturated rings. The fourth-order valence-corrected chi connectivity index (χ4v) is 1.94. The summed E-state index contributed by atoms with van der Waals surface area (Å²) < 4.78 is 4.91. The fourth-order valence-electron chi connectivity index (χ4n) is 1.94. The molecule has 0 radical (unpaired) electrons. The third-order valence-electron chi connectivity index (χ3n) is 2.83. The van der Waals surface area contributed by atoms with E-state index in [0.717, 1.165) is 12.0 Å². The predicted molar refractivity (Wildman–Crippen MR) is 69.0 cm³/mol. The molecule has 86 valence electrons. The monoisotopic (exact) mass is 216 g/mol. The fraction of sp³-hybridized carbons (Fsp3) is 0.467. The molecule has 1 rings (SSSR count). The van der Waals surface area contributed by atoms with Gasteiger partial charge in [0, 0.05) is 18.6 Å². The van der Waals surface area contributed by atoms with E-state index < -0.39 is 0 Å². The smallest absolute Gasteiger partial charge is 0.107 e. The Balaban J connectivity index is 2.76. The minimum atomic E-state index is 0.470. The van der Waals surface area contributed by atoms with Crippen molar-refractivity contribution in [3.05, 3.63) is 36.0 Å². The SMILES string of the molecule is C=C(C)C1C=CC(C#CCOC)=CC1CC. The predicted octanol–water partition coefficient (Wildman–Crippen LogP) is 3.35. The van der Waals surface area contributed by atoms with Gasteiger partial charge in [-0.2, -0.15) is 0 Å². The van der Waals surface area contributed by atoms with Crippen molar-refractivity contribution >= 4 is 0 Å². The lowest BCUT2D eigenvalue weighted by Gasteiger charge is -2.24. The molecule has 1 nitrogen and oxygen atoms in total. The van der Waals surface area contributed by atoms with Crippen molar-refractivity contribution in [1.29, 1.82) is 0 Å². The van der Waals surface area contributed by atoms with Gasteiger partial charge in [0.2, 0.25) is 0 Å². The van der Waals surface area contributed by atoms with Crippen LogP contribution >= 0.6 is 0 Å². The molecule has 2 atom stereocenters. The lowest BCUT2D eigenvalue weighted by molar-refractivity contribution is 0.240. The molecule has 1 heteroatoms. The largest absolute Gasteiger partial charge is 0.372 e. The van der Waals surface area contributed by atoms with Crippen molar-refractivity contribution in [2.75, 3.05) is 13.7 Å². The van der Waals surface area contributed by atoms with Crippen LogP contribution in [0.5, 0.6) is 0 Å². The molecule has 0 aliphatic heterocycles. The van der Waals surface area contributed by atoms with E-state index in [-0.39, 0.29) is 0 Å². The molecule has 0 saturated heterocycles. The maximum absolute atomic E-state index is 4.91. The third kappa shape index (κ3) is 3.40.